The molecule has 1 aromatic carbocycles. The van der Waals surface area contributed by atoms with E-state index < -0.39 is 11.2 Å². The van der Waals surface area contributed by atoms with E-state index in [9.17, 15) is 14.7 Å². The highest BCUT2D eigenvalue weighted by atomic mass is 16.3. The molecular formula is C13H11N3O3. The van der Waals surface area contributed by atoms with Crippen LogP contribution < -0.4 is 11.2 Å². The number of hydrogen-bond donors (Lipinski definition) is 2. The molecule has 0 aliphatic rings. The molecule has 0 spiro atoms. The molecule has 2 aromatic rings. The van der Waals surface area contributed by atoms with E-state index >= 15 is 0 Å². The van der Waals surface area contributed by atoms with Gasteiger partial charge in [-0.25, -0.2) is 9.36 Å². The van der Waals surface area contributed by atoms with Crippen molar-refractivity contribution in [1.82, 2.24) is 9.55 Å². The molecule has 0 aliphatic heterocycles. The van der Waals surface area contributed by atoms with Crippen LogP contribution in [0, 0.1) is 18.3 Å². The molecule has 0 unspecified atom stereocenters. The summed E-state index contributed by atoms with van der Waals surface area (Å²) in [5, 5.41) is 18.5. The maximum atomic E-state index is 11.7. The van der Waals surface area contributed by atoms with E-state index in [0.29, 0.717) is 5.69 Å². The van der Waals surface area contributed by atoms with Crippen LogP contribution in [0.15, 0.2) is 33.9 Å². The molecule has 0 bridgehead atoms. The van der Waals surface area contributed by atoms with E-state index in [1.165, 1.54) is 6.92 Å². The van der Waals surface area contributed by atoms with E-state index in [4.69, 9.17) is 5.26 Å². The first kappa shape index (κ1) is 12.6. The quantitative estimate of drug-likeness (QED) is 0.823. The predicted octanol–water partition coefficient (Wildman–Crippen LogP) is 0.606. The summed E-state index contributed by atoms with van der Waals surface area (Å²) in [6.45, 7) is 1.42. The van der Waals surface area contributed by atoms with Crippen molar-refractivity contribution >= 4 is 0 Å². The third kappa shape index (κ3) is 2.26. The van der Waals surface area contributed by atoms with Gasteiger partial charge < -0.3 is 5.11 Å². The number of aromatic nitrogens is 2. The highest BCUT2D eigenvalue weighted by Gasteiger charge is 2.11. The smallest absolute Gasteiger partial charge is 0.335 e. The predicted molar refractivity (Wildman–Crippen MR) is 68.4 cm³/mol. The lowest BCUT2D eigenvalue weighted by Crippen LogP contribution is -2.30. The van der Waals surface area contributed by atoms with Crippen molar-refractivity contribution in [3.05, 3.63) is 56.2 Å². The third-order valence-electron chi connectivity index (χ3n) is 2.79. The average Bonchev–Trinajstić information content (AvgIpc) is 2.38. The first-order valence-corrected chi connectivity index (χ1v) is 5.55. The molecule has 19 heavy (non-hydrogen) atoms. The molecule has 6 heteroatoms. The van der Waals surface area contributed by atoms with Crippen molar-refractivity contribution in [1.29, 1.82) is 5.26 Å². The number of hydrogen-bond acceptors (Lipinski definition) is 4. The van der Waals surface area contributed by atoms with Crippen molar-refractivity contribution in [2.75, 3.05) is 0 Å². The van der Waals surface area contributed by atoms with Gasteiger partial charge in [-0.2, -0.15) is 5.26 Å². The molecule has 6 nitrogen and oxygen atoms in total. The number of rotatable bonds is 2. The van der Waals surface area contributed by atoms with Crippen molar-refractivity contribution in [3.8, 4) is 17.6 Å². The summed E-state index contributed by atoms with van der Waals surface area (Å²) in [6.07, 6.45) is 0.270. The van der Waals surface area contributed by atoms with Gasteiger partial charge in [-0.05, 0) is 24.6 Å². The van der Waals surface area contributed by atoms with Gasteiger partial charge in [0.15, 0.2) is 0 Å². The minimum absolute atomic E-state index is 0.0701. The van der Waals surface area contributed by atoms with Gasteiger partial charge in [0.05, 0.1) is 23.7 Å². The lowest BCUT2D eigenvalue weighted by Gasteiger charge is -2.09. The van der Waals surface area contributed by atoms with Gasteiger partial charge in [0.25, 0.3) is 5.56 Å². The van der Waals surface area contributed by atoms with Crippen molar-refractivity contribution in [3.63, 3.8) is 0 Å². The molecule has 0 fully saturated rings. The summed E-state index contributed by atoms with van der Waals surface area (Å²) < 4.78 is 1.01. The number of nitrogens with one attached hydrogen (secondary N) is 1. The lowest BCUT2D eigenvalue weighted by molar-refractivity contribution is 0.426. The van der Waals surface area contributed by atoms with E-state index in [1.54, 1.807) is 24.3 Å². The number of benzene rings is 1. The lowest BCUT2D eigenvalue weighted by atomic mass is 10.1. The molecule has 0 atom stereocenters. The maximum absolute atomic E-state index is 11.7. The van der Waals surface area contributed by atoms with Crippen LogP contribution in [0.4, 0.5) is 0 Å². The molecular weight excluding hydrogens is 246 g/mol. The Hall–Kier alpha value is -2.81. The maximum Gasteiger partial charge on any atom is 0.335 e. The topological polar surface area (TPSA) is 98.9 Å². The molecule has 0 saturated heterocycles. The van der Waals surface area contributed by atoms with Crippen LogP contribution in [-0.2, 0) is 6.42 Å². The fourth-order valence-electron chi connectivity index (χ4n) is 1.71. The summed E-state index contributed by atoms with van der Waals surface area (Å²) in [7, 11) is 0. The number of aromatic hydroxyl groups is 1. The van der Waals surface area contributed by atoms with Crippen molar-refractivity contribution in [2.45, 2.75) is 13.3 Å². The Morgan fingerprint density at radius 3 is 2.53 bits per heavy atom. The van der Waals surface area contributed by atoms with Gasteiger partial charge in [-0.15, -0.1) is 0 Å². The van der Waals surface area contributed by atoms with Gasteiger partial charge >= 0.3 is 5.69 Å². The normalized spacial score (nSPS) is 10.1. The van der Waals surface area contributed by atoms with E-state index in [1.807, 2.05) is 6.07 Å². The average molecular weight is 257 g/mol. The Kier molecular flexibility index (Phi) is 3.21. The van der Waals surface area contributed by atoms with Gasteiger partial charge in [0.1, 0.15) is 0 Å². The van der Waals surface area contributed by atoms with E-state index in [0.717, 1.165) is 10.1 Å². The minimum Gasteiger partial charge on any atom is -0.494 e. The fourth-order valence-corrected chi connectivity index (χ4v) is 1.71. The Labute approximate surface area is 108 Å². The van der Waals surface area contributed by atoms with Crippen LogP contribution in [0.2, 0.25) is 0 Å². The molecule has 0 aliphatic carbocycles. The van der Waals surface area contributed by atoms with Gasteiger partial charge in [0, 0.05) is 0 Å². The summed E-state index contributed by atoms with van der Waals surface area (Å²) in [5.41, 5.74) is -0.0230. The Morgan fingerprint density at radius 2 is 1.95 bits per heavy atom. The van der Waals surface area contributed by atoms with Crippen LogP contribution in [0.5, 0.6) is 5.88 Å². The largest absolute Gasteiger partial charge is 0.494 e. The summed E-state index contributed by atoms with van der Waals surface area (Å²) in [4.78, 5) is 25.2. The first-order chi connectivity index (χ1) is 9.04. The van der Waals surface area contributed by atoms with Crippen molar-refractivity contribution < 1.29 is 5.11 Å². The molecule has 2 rings (SSSR count). The zero-order valence-electron chi connectivity index (χ0n) is 10.2. The minimum atomic E-state index is -0.707. The van der Waals surface area contributed by atoms with Crippen molar-refractivity contribution in [2.24, 2.45) is 0 Å². The molecule has 1 aromatic heterocycles. The second-order valence-corrected chi connectivity index (χ2v) is 4.04. The van der Waals surface area contributed by atoms with Crippen LogP contribution in [0.3, 0.4) is 0 Å². The molecule has 0 saturated carbocycles. The second-order valence-electron chi connectivity index (χ2n) is 4.04. The number of H-pyrrole nitrogens is 1. The number of nitrogens with zero attached hydrogens (tertiary/aromatic N) is 2. The first-order valence-electron chi connectivity index (χ1n) is 5.55. The summed E-state index contributed by atoms with van der Waals surface area (Å²) >= 11 is 0. The Morgan fingerprint density at radius 1 is 1.32 bits per heavy atom. The van der Waals surface area contributed by atoms with Gasteiger partial charge in [0.2, 0.25) is 5.88 Å². The second kappa shape index (κ2) is 4.82. The highest BCUT2D eigenvalue weighted by Crippen LogP contribution is 2.16. The summed E-state index contributed by atoms with van der Waals surface area (Å²) in [6, 6.07) is 8.59. The van der Waals surface area contributed by atoms with Crippen LogP contribution in [0.1, 0.15) is 11.1 Å². The molecule has 1 heterocycles. The number of nitriles is 1. The molecule has 0 radical (unpaired) electrons. The third-order valence-corrected chi connectivity index (χ3v) is 2.79. The fraction of sp³-hybridized carbons (Fsp3) is 0.154. The van der Waals surface area contributed by atoms with Crippen LogP contribution in [0.25, 0.3) is 5.69 Å². The van der Waals surface area contributed by atoms with Crippen LogP contribution in [-0.4, -0.2) is 14.7 Å². The SMILES string of the molecule is Cc1c(O)n(-c2ccc(CC#N)cc2)c(=O)[nH]c1=O. The standard InChI is InChI=1S/C13H11N3O3/c1-8-11(17)15-13(19)16(12(8)18)10-4-2-9(3-5-10)6-7-14/h2-5,18H,6H2,1H3,(H,15,17,19). The number of aromatic amines is 1. The van der Waals surface area contributed by atoms with E-state index in [2.05, 4.69) is 4.98 Å². The van der Waals surface area contributed by atoms with Gasteiger partial charge in [-0.3, -0.25) is 9.78 Å². The van der Waals surface area contributed by atoms with Crippen LogP contribution >= 0.6 is 0 Å². The van der Waals surface area contributed by atoms with Gasteiger partial charge in [-0.1, -0.05) is 12.1 Å². The molecule has 0 amide bonds. The molecule has 2 N–H and O–H groups in total. The Bertz CT molecular complexity index is 764. The van der Waals surface area contributed by atoms with E-state index in [-0.39, 0.29) is 17.9 Å². The zero-order valence-corrected chi connectivity index (χ0v) is 10.2. The summed E-state index contributed by atoms with van der Waals surface area (Å²) in [5.74, 6) is -0.387. The molecule has 96 valence electrons. The monoisotopic (exact) mass is 257 g/mol. The zero-order chi connectivity index (χ0) is 14.0. The highest BCUT2D eigenvalue weighted by molar-refractivity contribution is 5.39. The Balaban J connectivity index is 2.60.